The van der Waals surface area contributed by atoms with Crippen molar-refractivity contribution in [2.75, 3.05) is 7.11 Å². The summed E-state index contributed by atoms with van der Waals surface area (Å²) in [5, 5.41) is 0. The Morgan fingerprint density at radius 2 is 1.85 bits per heavy atom. The van der Waals surface area contributed by atoms with Crippen molar-refractivity contribution in [1.29, 1.82) is 0 Å². The molecule has 2 aliphatic heterocycles. The first-order chi connectivity index (χ1) is 12.3. The minimum atomic E-state index is -0.635. The van der Waals surface area contributed by atoms with Gasteiger partial charge in [-0.3, -0.25) is 0 Å². The van der Waals surface area contributed by atoms with Gasteiger partial charge < -0.3 is 23.7 Å². The molecular formula is C21H32O5. The monoisotopic (exact) mass is 364 g/mol. The molecular weight excluding hydrogens is 332 g/mol. The number of methoxy groups -OCH3 is 1. The highest BCUT2D eigenvalue weighted by Gasteiger charge is 2.57. The summed E-state index contributed by atoms with van der Waals surface area (Å²) in [4.78, 5) is 0. The quantitative estimate of drug-likeness (QED) is 0.728. The number of hydrogen-bond donors (Lipinski definition) is 0. The molecule has 1 unspecified atom stereocenters. The highest BCUT2D eigenvalue weighted by atomic mass is 16.8. The van der Waals surface area contributed by atoms with E-state index < -0.39 is 5.79 Å². The minimum absolute atomic E-state index is 0.0311. The maximum atomic E-state index is 6.32. The summed E-state index contributed by atoms with van der Waals surface area (Å²) in [6.45, 7) is 11.0. The lowest BCUT2D eigenvalue weighted by molar-refractivity contribution is -0.248. The van der Waals surface area contributed by atoms with Gasteiger partial charge in [0.25, 0.3) is 0 Å². The Hall–Kier alpha value is -1.14. The predicted octanol–water partition coefficient (Wildman–Crippen LogP) is 4.14. The fraction of sp³-hybridized carbons (Fsp3) is 0.714. The number of hydrogen-bond acceptors (Lipinski definition) is 5. The van der Waals surface area contributed by atoms with E-state index in [2.05, 4.69) is 27.7 Å². The number of para-hydroxylation sites is 1. The van der Waals surface area contributed by atoms with E-state index in [-0.39, 0.29) is 30.5 Å². The zero-order valence-electron chi connectivity index (χ0n) is 16.7. The molecule has 2 saturated heterocycles. The first kappa shape index (κ1) is 19.6. The SMILES string of the molecule is COc1ccccc1CO[C@@H]1[C@H]2OC(C)(C(C)C)O[C@H]2O[C@@H]1CC(C)C. The van der Waals surface area contributed by atoms with Crippen LogP contribution in [-0.2, 0) is 25.6 Å². The molecule has 0 radical (unpaired) electrons. The van der Waals surface area contributed by atoms with Gasteiger partial charge in [0.2, 0.25) is 0 Å². The summed E-state index contributed by atoms with van der Waals surface area (Å²) < 4.78 is 30.4. The van der Waals surface area contributed by atoms with Crippen molar-refractivity contribution in [3.8, 4) is 5.75 Å². The first-order valence-electron chi connectivity index (χ1n) is 9.58. The molecule has 0 spiro atoms. The zero-order chi connectivity index (χ0) is 18.9. The third kappa shape index (κ3) is 3.91. The third-order valence-electron chi connectivity index (χ3n) is 5.36. The molecule has 0 N–H and O–H groups in total. The normalized spacial score (nSPS) is 33.8. The van der Waals surface area contributed by atoms with Crippen LogP contribution in [0.2, 0.25) is 0 Å². The highest BCUT2D eigenvalue weighted by molar-refractivity contribution is 5.32. The second-order valence-corrected chi connectivity index (χ2v) is 8.13. The fourth-order valence-corrected chi connectivity index (χ4v) is 3.58. The Morgan fingerprint density at radius 1 is 1.12 bits per heavy atom. The van der Waals surface area contributed by atoms with Gasteiger partial charge in [0.1, 0.15) is 18.0 Å². The van der Waals surface area contributed by atoms with Crippen LogP contribution >= 0.6 is 0 Å². The van der Waals surface area contributed by atoms with E-state index >= 15 is 0 Å². The summed E-state index contributed by atoms with van der Waals surface area (Å²) in [6.07, 6.45) is 0.147. The Kier molecular flexibility index (Phi) is 5.92. The van der Waals surface area contributed by atoms with Crippen LogP contribution in [0.4, 0.5) is 0 Å². The molecule has 5 heteroatoms. The average molecular weight is 364 g/mol. The van der Waals surface area contributed by atoms with E-state index in [1.54, 1.807) is 7.11 Å². The minimum Gasteiger partial charge on any atom is -0.496 e. The van der Waals surface area contributed by atoms with Crippen LogP contribution in [0.3, 0.4) is 0 Å². The Balaban J connectivity index is 1.74. The summed E-state index contributed by atoms with van der Waals surface area (Å²) >= 11 is 0. The Morgan fingerprint density at radius 3 is 2.50 bits per heavy atom. The largest absolute Gasteiger partial charge is 0.496 e. The molecule has 2 heterocycles. The van der Waals surface area contributed by atoms with Crippen LogP contribution in [-0.4, -0.2) is 37.5 Å². The molecule has 2 fully saturated rings. The topological polar surface area (TPSA) is 46.2 Å². The standard InChI is InChI=1S/C21H32O5/c1-13(2)11-17-18(23-12-15-9-7-8-10-16(15)22-6)19-20(24-17)26-21(5,25-19)14(3)4/h7-10,13-14,17-20H,11-12H2,1-6H3/t17-,18+,19-,20-,21?/m1/s1. The smallest absolute Gasteiger partial charge is 0.190 e. The van der Waals surface area contributed by atoms with Gasteiger partial charge in [0.05, 0.1) is 19.8 Å². The maximum Gasteiger partial charge on any atom is 0.190 e. The number of benzene rings is 1. The van der Waals surface area contributed by atoms with Crippen molar-refractivity contribution in [2.45, 2.75) is 78.0 Å². The molecule has 26 heavy (non-hydrogen) atoms. The van der Waals surface area contributed by atoms with Crippen molar-refractivity contribution >= 4 is 0 Å². The van der Waals surface area contributed by atoms with Crippen molar-refractivity contribution in [1.82, 2.24) is 0 Å². The van der Waals surface area contributed by atoms with Crippen LogP contribution in [0.15, 0.2) is 24.3 Å². The molecule has 146 valence electrons. The zero-order valence-corrected chi connectivity index (χ0v) is 16.7. The molecule has 3 rings (SSSR count). The Labute approximate surface area is 156 Å². The van der Waals surface area contributed by atoms with Gasteiger partial charge in [-0.2, -0.15) is 0 Å². The lowest BCUT2D eigenvalue weighted by Crippen LogP contribution is -2.40. The van der Waals surface area contributed by atoms with Gasteiger partial charge in [-0.15, -0.1) is 0 Å². The van der Waals surface area contributed by atoms with E-state index in [0.29, 0.717) is 12.5 Å². The second kappa shape index (κ2) is 7.85. The van der Waals surface area contributed by atoms with Crippen LogP contribution in [0, 0.1) is 11.8 Å². The van der Waals surface area contributed by atoms with Gasteiger partial charge in [-0.25, -0.2) is 0 Å². The van der Waals surface area contributed by atoms with E-state index in [9.17, 15) is 0 Å². The van der Waals surface area contributed by atoms with Crippen molar-refractivity contribution < 1.29 is 23.7 Å². The molecule has 2 aliphatic rings. The lowest BCUT2D eigenvalue weighted by atomic mass is 10.00. The molecule has 5 atom stereocenters. The molecule has 0 aromatic heterocycles. The third-order valence-corrected chi connectivity index (χ3v) is 5.36. The van der Waals surface area contributed by atoms with E-state index in [4.69, 9.17) is 23.7 Å². The lowest BCUT2D eigenvalue weighted by Gasteiger charge is -2.31. The van der Waals surface area contributed by atoms with Crippen molar-refractivity contribution in [3.05, 3.63) is 29.8 Å². The molecule has 0 amide bonds. The molecule has 1 aromatic rings. The number of fused-ring (bicyclic) bond motifs is 1. The number of rotatable bonds is 7. The van der Waals surface area contributed by atoms with E-state index in [1.807, 2.05) is 31.2 Å². The molecule has 5 nitrogen and oxygen atoms in total. The van der Waals surface area contributed by atoms with Crippen LogP contribution in [0.25, 0.3) is 0 Å². The van der Waals surface area contributed by atoms with Gasteiger partial charge in [0.15, 0.2) is 12.1 Å². The van der Waals surface area contributed by atoms with Gasteiger partial charge in [0, 0.05) is 11.5 Å². The molecule has 0 aliphatic carbocycles. The summed E-state index contributed by atoms with van der Waals surface area (Å²) in [5.74, 6) is 0.936. The first-order valence-corrected chi connectivity index (χ1v) is 9.58. The highest BCUT2D eigenvalue weighted by Crippen LogP contribution is 2.43. The van der Waals surface area contributed by atoms with Gasteiger partial charge in [-0.1, -0.05) is 45.9 Å². The summed E-state index contributed by atoms with van der Waals surface area (Å²) in [7, 11) is 1.68. The molecule has 1 aromatic carbocycles. The molecule has 0 saturated carbocycles. The fourth-order valence-electron chi connectivity index (χ4n) is 3.58. The predicted molar refractivity (Wildman–Crippen MR) is 98.9 cm³/mol. The van der Waals surface area contributed by atoms with Gasteiger partial charge >= 0.3 is 0 Å². The summed E-state index contributed by atoms with van der Waals surface area (Å²) in [6, 6.07) is 7.92. The van der Waals surface area contributed by atoms with Crippen LogP contribution < -0.4 is 4.74 Å². The van der Waals surface area contributed by atoms with Crippen molar-refractivity contribution in [3.63, 3.8) is 0 Å². The second-order valence-electron chi connectivity index (χ2n) is 8.13. The Bertz CT molecular complexity index is 602. The summed E-state index contributed by atoms with van der Waals surface area (Å²) in [5.41, 5.74) is 1.02. The average Bonchev–Trinajstić information content (AvgIpc) is 3.06. The number of ether oxygens (including phenoxy) is 5. The van der Waals surface area contributed by atoms with Gasteiger partial charge in [-0.05, 0) is 25.3 Å². The van der Waals surface area contributed by atoms with Crippen LogP contribution in [0.5, 0.6) is 5.75 Å². The van der Waals surface area contributed by atoms with E-state index in [1.165, 1.54) is 0 Å². The molecule has 0 bridgehead atoms. The van der Waals surface area contributed by atoms with Crippen molar-refractivity contribution in [2.24, 2.45) is 11.8 Å². The van der Waals surface area contributed by atoms with E-state index in [0.717, 1.165) is 17.7 Å². The van der Waals surface area contributed by atoms with Crippen LogP contribution in [0.1, 0.15) is 46.6 Å². The maximum absolute atomic E-state index is 6.32.